The maximum Gasteiger partial charge on any atom is 0.339 e. The first-order valence-electron chi connectivity index (χ1n) is 10.4. The molecule has 0 fully saturated rings. The Balaban J connectivity index is 1.49. The predicted molar refractivity (Wildman–Crippen MR) is 130 cm³/mol. The molecule has 4 rings (SSSR count). The van der Waals surface area contributed by atoms with Crippen LogP contribution in [0.25, 0.3) is 21.6 Å². The van der Waals surface area contributed by atoms with Crippen molar-refractivity contribution >= 4 is 45.8 Å². The van der Waals surface area contributed by atoms with E-state index in [2.05, 4.69) is 15.4 Å². The summed E-state index contributed by atoms with van der Waals surface area (Å²) in [5, 5.41) is 9.57. The molecule has 0 bridgehead atoms. The van der Waals surface area contributed by atoms with Gasteiger partial charge in [-0.2, -0.15) is 5.10 Å². The average Bonchev–Trinajstić information content (AvgIpc) is 3.45. The van der Waals surface area contributed by atoms with Crippen LogP contribution in [-0.4, -0.2) is 58.2 Å². The molecule has 34 heavy (non-hydrogen) atoms. The van der Waals surface area contributed by atoms with E-state index in [-0.39, 0.29) is 5.91 Å². The van der Waals surface area contributed by atoms with Crippen LogP contribution in [0.3, 0.4) is 0 Å². The highest BCUT2D eigenvalue weighted by Crippen LogP contribution is 2.29. The summed E-state index contributed by atoms with van der Waals surface area (Å²) in [5.41, 5.74) is 3.14. The zero-order valence-corrected chi connectivity index (χ0v) is 20.0. The molecule has 1 aromatic carbocycles. The van der Waals surface area contributed by atoms with Crippen LogP contribution < -0.4 is 5.32 Å². The number of hydrogen-bond donors (Lipinski definition) is 1. The highest BCUT2D eigenvalue weighted by atomic mass is 32.1. The maximum absolute atomic E-state index is 13.0. The lowest BCUT2D eigenvalue weighted by Gasteiger charge is -2.11. The van der Waals surface area contributed by atoms with E-state index in [0.717, 1.165) is 4.88 Å². The van der Waals surface area contributed by atoms with Crippen molar-refractivity contribution in [2.24, 2.45) is 7.05 Å². The Morgan fingerprint density at radius 2 is 1.88 bits per heavy atom. The van der Waals surface area contributed by atoms with Crippen molar-refractivity contribution in [2.45, 2.75) is 6.92 Å². The molecule has 0 saturated carbocycles. The second-order valence-electron chi connectivity index (χ2n) is 7.84. The number of hydrogen-bond acceptors (Lipinski definition) is 7. The lowest BCUT2D eigenvalue weighted by atomic mass is 10.1. The largest absolute Gasteiger partial charge is 0.452 e. The molecule has 3 aromatic heterocycles. The highest BCUT2D eigenvalue weighted by Gasteiger charge is 2.21. The smallest absolute Gasteiger partial charge is 0.339 e. The molecule has 0 radical (unpaired) electrons. The number of aryl methyl sites for hydroxylation is 2. The molecule has 0 aliphatic rings. The van der Waals surface area contributed by atoms with Crippen molar-refractivity contribution < 1.29 is 19.1 Å². The van der Waals surface area contributed by atoms with Crippen molar-refractivity contribution in [1.82, 2.24) is 19.7 Å². The van der Waals surface area contributed by atoms with Crippen LogP contribution in [0.5, 0.6) is 0 Å². The number of ether oxygens (including phenoxy) is 1. The molecular weight excluding hydrogens is 454 g/mol. The molecule has 10 heteroatoms. The summed E-state index contributed by atoms with van der Waals surface area (Å²) in [4.78, 5) is 44.4. The number of aromatic nitrogens is 3. The van der Waals surface area contributed by atoms with Gasteiger partial charge in [0, 0.05) is 32.4 Å². The molecule has 2 amide bonds. The minimum atomic E-state index is -0.636. The molecule has 3 heterocycles. The molecular formula is C24H23N5O4S. The van der Waals surface area contributed by atoms with E-state index in [0.29, 0.717) is 39.2 Å². The molecule has 0 aliphatic heterocycles. The Labute approximate surface area is 200 Å². The first-order valence-corrected chi connectivity index (χ1v) is 11.3. The summed E-state index contributed by atoms with van der Waals surface area (Å²) in [6.45, 7) is 1.33. The van der Waals surface area contributed by atoms with Gasteiger partial charge in [0.15, 0.2) is 12.3 Å². The molecule has 0 unspecified atom stereocenters. The average molecular weight is 478 g/mol. The minimum absolute atomic E-state index is 0.136. The second-order valence-corrected chi connectivity index (χ2v) is 8.79. The van der Waals surface area contributed by atoms with E-state index in [1.54, 1.807) is 63.1 Å². The molecule has 174 valence electrons. The van der Waals surface area contributed by atoms with Crippen LogP contribution in [0.15, 0.2) is 47.8 Å². The molecule has 0 saturated heterocycles. The van der Waals surface area contributed by atoms with E-state index >= 15 is 0 Å². The third-order valence-electron chi connectivity index (χ3n) is 5.12. The number of nitrogens with zero attached hydrogens (tertiary/aromatic N) is 4. The summed E-state index contributed by atoms with van der Waals surface area (Å²) < 4.78 is 6.95. The summed E-state index contributed by atoms with van der Waals surface area (Å²) in [6, 6.07) is 12.0. The van der Waals surface area contributed by atoms with Gasteiger partial charge in [0.05, 0.1) is 27.2 Å². The Hall–Kier alpha value is -4.05. The molecule has 4 aromatic rings. The van der Waals surface area contributed by atoms with E-state index in [1.165, 1.54) is 16.2 Å². The standard InChI is InChI=1S/C24H23N5O4S/c1-14-21-17(12-18(19-6-5-11-34-19)26-22(21)29(4)27-14)24(32)33-13-20(30)25-16-9-7-15(8-10-16)23(31)28(2)3/h5-12H,13H2,1-4H3,(H,25,30). The first kappa shape index (κ1) is 23.1. The number of carbonyl (C=O) groups excluding carboxylic acids is 3. The molecule has 0 aliphatic carbocycles. The number of amides is 2. The number of anilines is 1. The Morgan fingerprint density at radius 3 is 2.53 bits per heavy atom. The van der Waals surface area contributed by atoms with Crippen molar-refractivity contribution in [3.05, 3.63) is 64.7 Å². The van der Waals surface area contributed by atoms with Gasteiger partial charge in [-0.05, 0) is 48.7 Å². The van der Waals surface area contributed by atoms with Crippen molar-refractivity contribution in [1.29, 1.82) is 0 Å². The van der Waals surface area contributed by atoms with Gasteiger partial charge in [-0.25, -0.2) is 9.78 Å². The monoisotopic (exact) mass is 477 g/mol. The Bertz CT molecular complexity index is 1370. The van der Waals surface area contributed by atoms with E-state index in [1.807, 2.05) is 17.5 Å². The summed E-state index contributed by atoms with van der Waals surface area (Å²) in [7, 11) is 5.10. The van der Waals surface area contributed by atoms with Crippen LogP contribution in [0.2, 0.25) is 0 Å². The van der Waals surface area contributed by atoms with Crippen LogP contribution in [0.4, 0.5) is 5.69 Å². The van der Waals surface area contributed by atoms with Crippen molar-refractivity contribution in [2.75, 3.05) is 26.0 Å². The quantitative estimate of drug-likeness (QED) is 0.426. The predicted octanol–water partition coefficient (Wildman–Crippen LogP) is 3.50. The number of pyridine rings is 1. The summed E-state index contributed by atoms with van der Waals surface area (Å²) >= 11 is 1.51. The third kappa shape index (κ3) is 4.67. The fraction of sp³-hybridized carbons (Fsp3) is 0.208. The van der Waals surface area contributed by atoms with Crippen LogP contribution in [0.1, 0.15) is 26.4 Å². The number of thiophene rings is 1. The molecule has 9 nitrogen and oxygen atoms in total. The SMILES string of the molecule is Cc1nn(C)c2nc(-c3cccs3)cc(C(=O)OCC(=O)Nc3ccc(C(=O)N(C)C)cc3)c12. The van der Waals surface area contributed by atoms with Crippen LogP contribution >= 0.6 is 11.3 Å². The number of nitrogens with one attached hydrogen (secondary N) is 1. The first-order chi connectivity index (χ1) is 16.2. The summed E-state index contributed by atoms with van der Waals surface area (Å²) in [5.74, 6) is -1.27. The van der Waals surface area contributed by atoms with E-state index < -0.39 is 18.5 Å². The van der Waals surface area contributed by atoms with Gasteiger partial charge in [0.1, 0.15) is 0 Å². The fourth-order valence-electron chi connectivity index (χ4n) is 3.52. The topological polar surface area (TPSA) is 106 Å². The van der Waals surface area contributed by atoms with Crippen molar-refractivity contribution in [3.63, 3.8) is 0 Å². The minimum Gasteiger partial charge on any atom is -0.452 e. The van der Waals surface area contributed by atoms with E-state index in [4.69, 9.17) is 4.74 Å². The number of esters is 1. The van der Waals surface area contributed by atoms with Gasteiger partial charge in [0.25, 0.3) is 11.8 Å². The number of fused-ring (bicyclic) bond motifs is 1. The van der Waals surface area contributed by atoms with E-state index in [9.17, 15) is 14.4 Å². The number of rotatable bonds is 6. The second kappa shape index (κ2) is 9.44. The molecule has 0 atom stereocenters. The van der Waals surface area contributed by atoms with Crippen LogP contribution in [0, 0.1) is 6.92 Å². The third-order valence-corrected chi connectivity index (χ3v) is 6.01. The van der Waals surface area contributed by atoms with Gasteiger partial charge < -0.3 is 15.0 Å². The Morgan fingerprint density at radius 1 is 1.15 bits per heavy atom. The zero-order chi connectivity index (χ0) is 24.4. The lowest BCUT2D eigenvalue weighted by Crippen LogP contribution is -2.22. The molecule has 0 spiro atoms. The van der Waals surface area contributed by atoms with Crippen molar-refractivity contribution in [3.8, 4) is 10.6 Å². The number of benzene rings is 1. The highest BCUT2D eigenvalue weighted by molar-refractivity contribution is 7.13. The zero-order valence-electron chi connectivity index (χ0n) is 19.2. The van der Waals surface area contributed by atoms with Crippen LogP contribution in [-0.2, 0) is 16.6 Å². The van der Waals surface area contributed by atoms with Gasteiger partial charge in [-0.3, -0.25) is 14.3 Å². The van der Waals surface area contributed by atoms with Gasteiger partial charge in [-0.1, -0.05) is 6.07 Å². The fourth-order valence-corrected chi connectivity index (χ4v) is 4.20. The lowest BCUT2D eigenvalue weighted by molar-refractivity contribution is -0.119. The normalized spacial score (nSPS) is 10.8. The number of carbonyl (C=O) groups is 3. The van der Waals surface area contributed by atoms with Gasteiger partial charge in [0.2, 0.25) is 0 Å². The van der Waals surface area contributed by atoms with Gasteiger partial charge >= 0.3 is 5.97 Å². The summed E-state index contributed by atoms with van der Waals surface area (Å²) in [6.07, 6.45) is 0. The maximum atomic E-state index is 13.0. The molecule has 1 N–H and O–H groups in total. The van der Waals surface area contributed by atoms with Gasteiger partial charge in [-0.15, -0.1) is 11.3 Å². The Kier molecular flexibility index (Phi) is 6.42.